The van der Waals surface area contributed by atoms with Crippen LogP contribution >= 0.6 is 7.92 Å². The number of amides is 1. The average Bonchev–Trinajstić information content (AvgIpc) is 2.79. The first-order valence-electron chi connectivity index (χ1n) is 10.1. The zero-order valence-corrected chi connectivity index (χ0v) is 18.2. The third-order valence-electron chi connectivity index (χ3n) is 5.05. The van der Waals surface area contributed by atoms with Gasteiger partial charge in [-0.05, 0) is 36.2 Å². The third-order valence-corrected chi connectivity index (χ3v) is 8.03. The molecule has 0 saturated carbocycles. The van der Waals surface area contributed by atoms with Crippen LogP contribution in [0.2, 0.25) is 0 Å². The Hall–Kier alpha value is -2.42. The maximum absolute atomic E-state index is 12.9. The van der Waals surface area contributed by atoms with Gasteiger partial charge < -0.3 is 10.4 Å². The topological polar surface area (TPSA) is 49.3 Å². The molecule has 0 aromatic heterocycles. The van der Waals surface area contributed by atoms with Gasteiger partial charge in [0.25, 0.3) is 0 Å². The summed E-state index contributed by atoms with van der Waals surface area (Å²) < 4.78 is 0. The van der Waals surface area contributed by atoms with E-state index < -0.39 is 7.92 Å². The van der Waals surface area contributed by atoms with Gasteiger partial charge in [0.05, 0.1) is 12.6 Å². The van der Waals surface area contributed by atoms with E-state index in [-0.39, 0.29) is 32.6 Å². The summed E-state index contributed by atoms with van der Waals surface area (Å²) >= 11 is 0. The zero-order chi connectivity index (χ0) is 20.5. The monoisotopic (exact) mass is 416 g/mol. The first kappa shape index (κ1) is 23.9. The molecular formula is C25H28BNO2P. The molecule has 1 amide bonds. The number of carbonyl (C=O) groups excluding carboxylic acids is 1. The highest BCUT2D eigenvalue weighted by molar-refractivity contribution is 7.73. The van der Waals surface area contributed by atoms with Crippen molar-refractivity contribution in [2.75, 3.05) is 6.61 Å². The van der Waals surface area contributed by atoms with Gasteiger partial charge in [0.2, 0.25) is 5.91 Å². The SMILES string of the molecule is CC[C@@H](CC(=O)N[C@@H](CO)c1ccccc1)P(c1ccccc1)c1ccccc1.[B]. The van der Waals surface area contributed by atoms with Gasteiger partial charge in [0.15, 0.2) is 0 Å². The largest absolute Gasteiger partial charge is 0.394 e. The molecule has 0 spiro atoms. The maximum Gasteiger partial charge on any atom is 0.221 e. The van der Waals surface area contributed by atoms with Crippen molar-refractivity contribution in [1.29, 1.82) is 0 Å². The first-order chi connectivity index (χ1) is 14.2. The van der Waals surface area contributed by atoms with Crippen molar-refractivity contribution in [3.8, 4) is 0 Å². The molecule has 5 heteroatoms. The van der Waals surface area contributed by atoms with Crippen molar-refractivity contribution in [1.82, 2.24) is 5.32 Å². The minimum absolute atomic E-state index is 0. The van der Waals surface area contributed by atoms with E-state index in [4.69, 9.17) is 0 Å². The highest BCUT2D eigenvalue weighted by Gasteiger charge is 2.26. The number of rotatable bonds is 9. The van der Waals surface area contributed by atoms with E-state index in [0.29, 0.717) is 6.42 Å². The van der Waals surface area contributed by atoms with Crippen LogP contribution in [0, 0.1) is 0 Å². The van der Waals surface area contributed by atoms with Crippen molar-refractivity contribution < 1.29 is 9.90 Å². The Morgan fingerprint density at radius 1 is 0.867 bits per heavy atom. The number of benzene rings is 3. The summed E-state index contributed by atoms with van der Waals surface area (Å²) in [6.07, 6.45) is 1.35. The number of hydrogen-bond acceptors (Lipinski definition) is 2. The van der Waals surface area contributed by atoms with E-state index in [1.54, 1.807) is 0 Å². The predicted molar refractivity (Wildman–Crippen MR) is 128 cm³/mol. The van der Waals surface area contributed by atoms with Crippen LogP contribution in [-0.2, 0) is 4.79 Å². The molecule has 0 unspecified atom stereocenters. The van der Waals surface area contributed by atoms with E-state index in [1.807, 2.05) is 42.5 Å². The molecule has 2 atom stereocenters. The Morgan fingerprint density at radius 2 is 1.33 bits per heavy atom. The summed E-state index contributed by atoms with van der Waals surface area (Å²) in [4.78, 5) is 12.9. The van der Waals surface area contributed by atoms with Gasteiger partial charge in [-0.25, -0.2) is 0 Å². The van der Waals surface area contributed by atoms with Crippen LogP contribution in [0.15, 0.2) is 91.0 Å². The fourth-order valence-electron chi connectivity index (χ4n) is 3.55. The van der Waals surface area contributed by atoms with Crippen molar-refractivity contribution in [2.45, 2.75) is 31.5 Å². The van der Waals surface area contributed by atoms with Crippen LogP contribution in [0.1, 0.15) is 31.4 Å². The van der Waals surface area contributed by atoms with Gasteiger partial charge in [-0.1, -0.05) is 97.9 Å². The van der Waals surface area contributed by atoms with E-state index in [0.717, 1.165) is 12.0 Å². The summed E-state index contributed by atoms with van der Waals surface area (Å²) in [7, 11) is -0.654. The summed E-state index contributed by atoms with van der Waals surface area (Å²) in [5.41, 5.74) is 1.15. The lowest BCUT2D eigenvalue weighted by atomic mass is 10.1. The van der Waals surface area contributed by atoms with Crippen LogP contribution in [0.25, 0.3) is 0 Å². The molecule has 3 aromatic carbocycles. The van der Waals surface area contributed by atoms with E-state index in [1.165, 1.54) is 10.6 Å². The van der Waals surface area contributed by atoms with Gasteiger partial charge in [-0.2, -0.15) is 0 Å². The second-order valence-electron chi connectivity index (χ2n) is 7.02. The Morgan fingerprint density at radius 3 is 1.77 bits per heavy atom. The smallest absolute Gasteiger partial charge is 0.221 e. The lowest BCUT2D eigenvalue weighted by molar-refractivity contribution is -0.122. The number of carbonyl (C=O) groups is 1. The normalized spacial score (nSPS) is 12.6. The molecule has 153 valence electrons. The molecule has 0 bridgehead atoms. The minimum atomic E-state index is -0.654. The molecular weight excluding hydrogens is 388 g/mol. The highest BCUT2D eigenvalue weighted by atomic mass is 31.1. The van der Waals surface area contributed by atoms with Crippen molar-refractivity contribution in [3.63, 3.8) is 0 Å². The number of aliphatic hydroxyl groups excluding tert-OH is 1. The number of hydrogen-bond donors (Lipinski definition) is 2. The third kappa shape index (κ3) is 6.29. The predicted octanol–water partition coefficient (Wildman–Crippen LogP) is 3.76. The number of nitrogens with one attached hydrogen (secondary N) is 1. The zero-order valence-electron chi connectivity index (χ0n) is 17.3. The Labute approximate surface area is 182 Å². The minimum Gasteiger partial charge on any atom is -0.394 e. The van der Waals surface area contributed by atoms with Crippen LogP contribution < -0.4 is 15.9 Å². The summed E-state index contributed by atoms with van der Waals surface area (Å²) in [6, 6.07) is 30.2. The van der Waals surface area contributed by atoms with Crippen LogP contribution in [0.4, 0.5) is 0 Å². The maximum atomic E-state index is 12.9. The van der Waals surface area contributed by atoms with Gasteiger partial charge >= 0.3 is 0 Å². The average molecular weight is 416 g/mol. The van der Waals surface area contributed by atoms with Crippen molar-refractivity contribution in [3.05, 3.63) is 96.6 Å². The standard InChI is InChI=1S/C25H28NO2P.B/c1-2-21(18-25(28)26-24(19-27)20-12-6-3-7-13-20)29(22-14-8-4-9-15-22)23-16-10-5-11-17-23;/h3-17,21,24,27H,2,18-19H2,1H3,(H,26,28);/t21-,24-;/m0./s1. The fourth-order valence-corrected chi connectivity index (χ4v) is 6.39. The van der Waals surface area contributed by atoms with Crippen molar-refractivity contribution in [2.24, 2.45) is 0 Å². The molecule has 0 heterocycles. The van der Waals surface area contributed by atoms with E-state index in [2.05, 4.69) is 60.8 Å². The summed E-state index contributed by atoms with van der Waals surface area (Å²) in [6.45, 7) is 2.04. The molecule has 0 fully saturated rings. The van der Waals surface area contributed by atoms with Crippen molar-refractivity contribution >= 4 is 32.9 Å². The Balaban J connectivity index is 0.00000320. The summed E-state index contributed by atoms with van der Waals surface area (Å²) in [5, 5.41) is 15.4. The highest BCUT2D eigenvalue weighted by Crippen LogP contribution is 2.42. The molecule has 30 heavy (non-hydrogen) atoms. The molecule has 2 N–H and O–H groups in total. The van der Waals surface area contributed by atoms with E-state index in [9.17, 15) is 9.90 Å². The molecule has 3 radical (unpaired) electrons. The van der Waals surface area contributed by atoms with Gasteiger partial charge in [-0.3, -0.25) is 4.79 Å². The Kier molecular flexibility index (Phi) is 9.80. The van der Waals surface area contributed by atoms with Gasteiger partial charge in [-0.15, -0.1) is 0 Å². The van der Waals surface area contributed by atoms with Gasteiger partial charge in [0, 0.05) is 14.8 Å². The quantitative estimate of drug-likeness (QED) is 0.412. The molecule has 3 rings (SSSR count). The van der Waals surface area contributed by atoms with Crippen LogP contribution in [0.5, 0.6) is 0 Å². The molecule has 0 aliphatic heterocycles. The fraction of sp³-hybridized carbons (Fsp3) is 0.240. The lowest BCUT2D eigenvalue weighted by Crippen LogP contribution is -2.34. The lowest BCUT2D eigenvalue weighted by Gasteiger charge is -2.28. The molecule has 0 aliphatic rings. The second kappa shape index (κ2) is 12.3. The molecule has 0 saturated heterocycles. The molecule has 3 aromatic rings. The van der Waals surface area contributed by atoms with Crippen LogP contribution in [-0.4, -0.2) is 31.7 Å². The second-order valence-corrected chi connectivity index (χ2v) is 9.52. The molecule has 0 aliphatic carbocycles. The summed E-state index contributed by atoms with van der Waals surface area (Å²) in [5.74, 6) is -0.0147. The Bertz CT molecular complexity index is 838. The molecule has 3 nitrogen and oxygen atoms in total. The number of aliphatic hydroxyl groups is 1. The van der Waals surface area contributed by atoms with Gasteiger partial charge in [0.1, 0.15) is 0 Å². The van der Waals surface area contributed by atoms with E-state index >= 15 is 0 Å². The van der Waals surface area contributed by atoms with Crippen LogP contribution in [0.3, 0.4) is 0 Å². The first-order valence-corrected chi connectivity index (χ1v) is 11.5.